The maximum atomic E-state index is 10.3. The van der Waals surface area contributed by atoms with E-state index in [9.17, 15) is 32.8 Å². The Balaban J connectivity index is 5.16. The molecule has 0 aliphatic heterocycles. The first-order chi connectivity index (χ1) is 6.23. The van der Waals surface area contributed by atoms with Crippen molar-refractivity contribution in [2.75, 3.05) is 0 Å². The van der Waals surface area contributed by atoms with E-state index in [1.54, 1.807) is 0 Å². The third kappa shape index (κ3) is 5.06. The smallest absolute Gasteiger partial charge is 0.124 e. The lowest BCUT2D eigenvalue weighted by Gasteiger charge is -2.08. The lowest BCUT2D eigenvalue weighted by Crippen LogP contribution is -2.21. The minimum absolute atomic E-state index is 0.0260. The van der Waals surface area contributed by atoms with E-state index in [0.29, 0.717) is 6.08 Å². The second kappa shape index (κ2) is 4.53. The van der Waals surface area contributed by atoms with Crippen LogP contribution in [0.15, 0.2) is 23.1 Å². The molecular weight excluding hydrogens is 216 g/mol. The van der Waals surface area contributed by atoms with Crippen molar-refractivity contribution < 1.29 is 32.8 Å². The van der Waals surface area contributed by atoms with E-state index in [-0.39, 0.29) is 12.2 Å². The second-order valence-corrected chi connectivity index (χ2v) is 3.35. The summed E-state index contributed by atoms with van der Waals surface area (Å²) < 4.78 is 30.9. The van der Waals surface area contributed by atoms with E-state index < -0.39 is 27.0 Å². The highest BCUT2D eigenvalue weighted by Crippen LogP contribution is 2.04. The zero-order valence-electron chi connectivity index (χ0n) is 6.50. The van der Waals surface area contributed by atoms with Crippen LogP contribution in [-0.2, 0) is 19.7 Å². The van der Waals surface area contributed by atoms with Crippen LogP contribution in [0.1, 0.15) is 0 Å². The summed E-state index contributed by atoms with van der Waals surface area (Å²) in [6.45, 7) is 0. The minimum Gasteiger partial charge on any atom is -0.744 e. The van der Waals surface area contributed by atoms with Crippen molar-refractivity contribution in [2.45, 2.75) is 0 Å². The molecule has 7 nitrogen and oxygen atoms in total. The monoisotopic (exact) mass is 219 g/mol. The molecule has 0 radical (unpaired) electrons. The molecule has 0 N–H and O–H groups in total. The third-order valence-electron chi connectivity index (χ3n) is 0.932. The Morgan fingerprint density at radius 3 is 1.79 bits per heavy atom. The quantitative estimate of drug-likeness (QED) is 0.271. The summed E-state index contributed by atoms with van der Waals surface area (Å²) in [5.41, 5.74) is 0. The number of rotatable bonds is 4. The van der Waals surface area contributed by atoms with E-state index >= 15 is 0 Å². The van der Waals surface area contributed by atoms with Gasteiger partial charge in [0.15, 0.2) is 0 Å². The van der Waals surface area contributed by atoms with E-state index in [1.165, 1.54) is 0 Å². The lowest BCUT2D eigenvalue weighted by atomic mass is 10.4. The molecular formula is C6H3O7S-3. The zero-order valence-corrected chi connectivity index (χ0v) is 7.31. The maximum absolute atomic E-state index is 10.3. The highest BCUT2D eigenvalue weighted by atomic mass is 32.2. The molecule has 0 spiro atoms. The molecule has 0 heterocycles. The number of carbonyl (C=O) groups is 2. The van der Waals surface area contributed by atoms with Crippen LogP contribution >= 0.6 is 0 Å². The van der Waals surface area contributed by atoms with Crippen molar-refractivity contribution >= 4 is 22.1 Å². The average Bonchev–Trinajstić information content (AvgIpc) is 1.94. The summed E-state index contributed by atoms with van der Waals surface area (Å²) >= 11 is 0. The number of carbonyl (C=O) groups excluding carboxylic acids is 2. The van der Waals surface area contributed by atoms with E-state index in [4.69, 9.17) is 0 Å². The van der Waals surface area contributed by atoms with Crippen molar-refractivity contribution in [1.29, 1.82) is 0 Å². The summed E-state index contributed by atoms with van der Waals surface area (Å²) in [4.78, 5) is 18.5. The first-order valence-corrected chi connectivity index (χ1v) is 4.42. The molecule has 0 rings (SSSR count). The Morgan fingerprint density at radius 1 is 1.00 bits per heavy atom. The van der Waals surface area contributed by atoms with Gasteiger partial charge in [-0.05, 0) is 18.2 Å². The van der Waals surface area contributed by atoms with Gasteiger partial charge in [-0.15, -0.1) is 0 Å². The van der Waals surface area contributed by atoms with Crippen LogP contribution in [0.4, 0.5) is 0 Å². The van der Waals surface area contributed by atoms with Crippen molar-refractivity contribution in [3.8, 4) is 0 Å². The SMILES string of the molecule is O=C([O-])/C=C\C(=C/C(=O)[O-])S(=O)(=O)[O-]. The van der Waals surface area contributed by atoms with Gasteiger partial charge >= 0.3 is 0 Å². The van der Waals surface area contributed by atoms with Gasteiger partial charge in [0.1, 0.15) is 10.1 Å². The predicted molar refractivity (Wildman–Crippen MR) is 36.9 cm³/mol. The fourth-order valence-corrected chi connectivity index (χ4v) is 0.945. The number of carboxylic acids is 2. The van der Waals surface area contributed by atoms with Gasteiger partial charge in [-0.3, -0.25) is 0 Å². The molecule has 0 aromatic heterocycles. The largest absolute Gasteiger partial charge is 0.744 e. The van der Waals surface area contributed by atoms with Crippen molar-refractivity contribution in [2.24, 2.45) is 0 Å². The van der Waals surface area contributed by atoms with Crippen LogP contribution in [0.25, 0.3) is 0 Å². The van der Waals surface area contributed by atoms with Gasteiger partial charge in [0.25, 0.3) is 0 Å². The molecule has 0 fully saturated rings. The van der Waals surface area contributed by atoms with Crippen LogP contribution in [0.5, 0.6) is 0 Å². The summed E-state index contributed by atoms with van der Waals surface area (Å²) in [6, 6.07) is 0. The van der Waals surface area contributed by atoms with Gasteiger partial charge in [0.05, 0.1) is 16.8 Å². The summed E-state index contributed by atoms with van der Waals surface area (Å²) in [7, 11) is -5.04. The van der Waals surface area contributed by atoms with Gasteiger partial charge in [-0.2, -0.15) is 0 Å². The molecule has 0 saturated heterocycles. The number of carboxylic acid groups (broad SMARTS) is 2. The summed E-state index contributed by atoms with van der Waals surface area (Å²) in [6.07, 6.45) is 0.486. The van der Waals surface area contributed by atoms with Gasteiger partial charge in [-0.25, -0.2) is 8.42 Å². The van der Waals surface area contributed by atoms with Crippen LogP contribution in [0.3, 0.4) is 0 Å². The Hall–Kier alpha value is -1.67. The summed E-state index contributed by atoms with van der Waals surface area (Å²) in [5.74, 6) is -3.69. The molecule has 14 heavy (non-hydrogen) atoms. The number of hydrogen-bond donors (Lipinski definition) is 0. The molecule has 0 aliphatic carbocycles. The fraction of sp³-hybridized carbons (Fsp3) is 0. The Kier molecular flexibility index (Phi) is 3.99. The van der Waals surface area contributed by atoms with Gasteiger partial charge in [-0.1, -0.05) is 0 Å². The topological polar surface area (TPSA) is 137 Å². The van der Waals surface area contributed by atoms with Gasteiger partial charge in [0.2, 0.25) is 0 Å². The first kappa shape index (κ1) is 12.3. The number of allylic oxidation sites excluding steroid dienone is 1. The summed E-state index contributed by atoms with van der Waals surface area (Å²) in [5, 5.41) is 19.7. The Morgan fingerprint density at radius 2 is 1.50 bits per heavy atom. The van der Waals surface area contributed by atoms with E-state index in [2.05, 4.69) is 0 Å². The highest BCUT2D eigenvalue weighted by Gasteiger charge is 2.00. The fourth-order valence-electron chi connectivity index (χ4n) is 0.470. The molecule has 8 heteroatoms. The molecule has 0 aromatic carbocycles. The normalized spacial score (nSPS) is 13.1. The van der Waals surface area contributed by atoms with E-state index in [0.717, 1.165) is 0 Å². The van der Waals surface area contributed by atoms with Crippen molar-refractivity contribution in [3.05, 3.63) is 23.1 Å². The lowest BCUT2D eigenvalue weighted by molar-refractivity contribution is -0.299. The molecule has 78 valence electrons. The van der Waals surface area contributed by atoms with Gasteiger partial charge in [0, 0.05) is 0 Å². The first-order valence-electron chi connectivity index (χ1n) is 3.01. The van der Waals surface area contributed by atoms with Crippen LogP contribution < -0.4 is 10.2 Å². The van der Waals surface area contributed by atoms with Crippen LogP contribution in [0.2, 0.25) is 0 Å². The van der Waals surface area contributed by atoms with E-state index in [1.807, 2.05) is 0 Å². The van der Waals surface area contributed by atoms with Gasteiger partial charge < -0.3 is 24.4 Å². The third-order valence-corrected chi connectivity index (χ3v) is 1.76. The zero-order chi connectivity index (χ0) is 11.4. The molecule has 0 aromatic rings. The molecule has 0 amide bonds. The standard InChI is InChI=1S/C6H6O7S/c7-5(8)2-1-4(3-6(9)10)14(11,12)13/h1-3H,(H,7,8)(H,9,10)(H,11,12,13)/p-3/b2-1-,4-3+. The molecule has 0 unspecified atom stereocenters. The van der Waals surface area contributed by atoms with Crippen LogP contribution in [0, 0.1) is 0 Å². The Bertz CT molecular complexity index is 400. The molecule has 0 saturated carbocycles. The highest BCUT2D eigenvalue weighted by molar-refractivity contribution is 7.90. The Labute approximate surface area is 78.7 Å². The maximum Gasteiger partial charge on any atom is 0.124 e. The minimum atomic E-state index is -5.04. The van der Waals surface area contributed by atoms with Crippen molar-refractivity contribution in [1.82, 2.24) is 0 Å². The predicted octanol–water partition coefficient (Wildman–Crippen LogP) is -3.53. The second-order valence-electron chi connectivity index (χ2n) is 1.97. The molecule has 0 bridgehead atoms. The number of hydrogen-bond acceptors (Lipinski definition) is 7. The van der Waals surface area contributed by atoms with Crippen LogP contribution in [-0.4, -0.2) is 24.9 Å². The number of aliphatic carboxylic acids is 2. The molecule has 0 atom stereocenters. The van der Waals surface area contributed by atoms with Crippen molar-refractivity contribution in [3.63, 3.8) is 0 Å². The average molecular weight is 219 g/mol. The molecule has 0 aliphatic rings.